The van der Waals surface area contributed by atoms with Gasteiger partial charge in [0.15, 0.2) is 0 Å². The molecule has 0 spiro atoms. The zero-order valence-electron chi connectivity index (χ0n) is 12.2. The SMILES string of the molecule is CC(C)OCCCNS(=O)(=O)c1ccc(OC(F)(F)F)cc1. The lowest BCUT2D eigenvalue weighted by Crippen LogP contribution is -2.26. The molecule has 0 aliphatic heterocycles. The summed E-state index contributed by atoms with van der Waals surface area (Å²) < 4.78 is 71.1. The molecule has 0 radical (unpaired) electrons. The molecule has 1 aromatic carbocycles. The number of nitrogens with one attached hydrogen (secondary N) is 1. The molecule has 0 amide bonds. The van der Waals surface area contributed by atoms with E-state index >= 15 is 0 Å². The second kappa shape index (κ2) is 7.80. The topological polar surface area (TPSA) is 64.6 Å². The maximum atomic E-state index is 12.0. The summed E-state index contributed by atoms with van der Waals surface area (Å²) in [7, 11) is -3.76. The Bertz CT molecular complexity index is 556. The molecule has 0 aliphatic rings. The van der Waals surface area contributed by atoms with Gasteiger partial charge in [-0.05, 0) is 44.5 Å². The summed E-state index contributed by atoms with van der Waals surface area (Å²) in [5.74, 6) is -0.475. The number of alkyl halides is 3. The molecule has 0 bridgehead atoms. The molecule has 22 heavy (non-hydrogen) atoms. The number of ether oxygens (including phenoxy) is 2. The molecule has 0 atom stereocenters. The minimum Gasteiger partial charge on any atom is -0.406 e. The van der Waals surface area contributed by atoms with Crippen molar-refractivity contribution in [1.29, 1.82) is 0 Å². The second-order valence-corrected chi connectivity index (χ2v) is 6.46. The first kappa shape index (κ1) is 18.7. The quantitative estimate of drug-likeness (QED) is 0.739. The van der Waals surface area contributed by atoms with E-state index in [1.165, 1.54) is 0 Å². The predicted molar refractivity (Wildman–Crippen MR) is 74.0 cm³/mol. The smallest absolute Gasteiger partial charge is 0.406 e. The average molecular weight is 341 g/mol. The Kier molecular flexibility index (Phi) is 6.64. The predicted octanol–water partition coefficient (Wildman–Crippen LogP) is 2.68. The van der Waals surface area contributed by atoms with Gasteiger partial charge in [0.2, 0.25) is 10.0 Å². The van der Waals surface area contributed by atoms with Crippen molar-refractivity contribution in [3.8, 4) is 5.75 Å². The van der Waals surface area contributed by atoms with Crippen molar-refractivity contribution in [1.82, 2.24) is 4.72 Å². The first-order valence-corrected chi connectivity index (χ1v) is 8.05. The van der Waals surface area contributed by atoms with E-state index in [2.05, 4.69) is 9.46 Å². The molecule has 1 N–H and O–H groups in total. The number of rotatable bonds is 8. The maximum Gasteiger partial charge on any atom is 0.573 e. The highest BCUT2D eigenvalue weighted by Gasteiger charge is 2.31. The van der Waals surface area contributed by atoms with E-state index in [1.54, 1.807) is 0 Å². The van der Waals surface area contributed by atoms with Gasteiger partial charge >= 0.3 is 6.36 Å². The van der Waals surface area contributed by atoms with Crippen molar-refractivity contribution >= 4 is 10.0 Å². The molecule has 0 fully saturated rings. The summed E-state index contributed by atoms with van der Waals surface area (Å²) >= 11 is 0. The molecule has 5 nitrogen and oxygen atoms in total. The van der Waals surface area contributed by atoms with Crippen LogP contribution in [0.15, 0.2) is 29.2 Å². The summed E-state index contributed by atoms with van der Waals surface area (Å²) in [6, 6.07) is 4.00. The molecule has 0 unspecified atom stereocenters. The molecule has 1 rings (SSSR count). The number of sulfonamides is 1. The van der Waals surface area contributed by atoms with Crippen molar-refractivity contribution in [3.63, 3.8) is 0 Å². The first-order chi connectivity index (χ1) is 10.1. The van der Waals surface area contributed by atoms with E-state index in [0.29, 0.717) is 13.0 Å². The van der Waals surface area contributed by atoms with Gasteiger partial charge in [-0.15, -0.1) is 13.2 Å². The second-order valence-electron chi connectivity index (χ2n) is 4.69. The largest absolute Gasteiger partial charge is 0.573 e. The highest BCUT2D eigenvalue weighted by atomic mass is 32.2. The molecule has 126 valence electrons. The van der Waals surface area contributed by atoms with E-state index in [-0.39, 0.29) is 17.5 Å². The molecule has 0 aromatic heterocycles. The molecule has 9 heteroatoms. The molecular weight excluding hydrogens is 323 g/mol. The third-order valence-corrected chi connectivity index (χ3v) is 3.91. The maximum absolute atomic E-state index is 12.0. The fourth-order valence-electron chi connectivity index (χ4n) is 1.50. The van der Waals surface area contributed by atoms with Crippen LogP contribution < -0.4 is 9.46 Å². The molecule has 0 aliphatic carbocycles. The van der Waals surface area contributed by atoms with Crippen molar-refractivity contribution in [2.24, 2.45) is 0 Å². The normalized spacial score (nSPS) is 12.6. The van der Waals surface area contributed by atoms with Crippen LogP contribution in [0.3, 0.4) is 0 Å². The molecule has 0 saturated carbocycles. The third-order valence-electron chi connectivity index (χ3n) is 2.43. The van der Waals surface area contributed by atoms with E-state index in [9.17, 15) is 21.6 Å². The van der Waals surface area contributed by atoms with Gasteiger partial charge in [-0.25, -0.2) is 13.1 Å². The van der Waals surface area contributed by atoms with Crippen LogP contribution in [0.4, 0.5) is 13.2 Å². The summed E-state index contributed by atoms with van der Waals surface area (Å²) in [5.41, 5.74) is 0. The Morgan fingerprint density at radius 1 is 1.18 bits per heavy atom. The Morgan fingerprint density at radius 3 is 2.27 bits per heavy atom. The van der Waals surface area contributed by atoms with E-state index in [4.69, 9.17) is 4.74 Å². The van der Waals surface area contributed by atoms with Gasteiger partial charge in [-0.1, -0.05) is 0 Å². The highest BCUT2D eigenvalue weighted by molar-refractivity contribution is 7.89. The van der Waals surface area contributed by atoms with E-state index in [1.807, 2.05) is 13.8 Å². The van der Waals surface area contributed by atoms with Crippen molar-refractivity contribution < 1.29 is 31.1 Å². The first-order valence-electron chi connectivity index (χ1n) is 6.57. The van der Waals surface area contributed by atoms with Crippen LogP contribution in [0.1, 0.15) is 20.3 Å². The number of hydrogen-bond donors (Lipinski definition) is 1. The lowest BCUT2D eigenvalue weighted by Gasteiger charge is -2.10. The van der Waals surface area contributed by atoms with Crippen LogP contribution in [-0.2, 0) is 14.8 Å². The van der Waals surface area contributed by atoms with Crippen LogP contribution in [-0.4, -0.2) is 34.0 Å². The number of halogens is 3. The summed E-state index contributed by atoms with van der Waals surface area (Å²) in [6.07, 6.45) is -4.25. The standard InChI is InChI=1S/C13H18F3NO4S/c1-10(2)20-9-3-8-17-22(18,19)12-6-4-11(5-7-12)21-13(14,15)16/h4-7,10,17H,3,8-9H2,1-2H3. The number of hydrogen-bond acceptors (Lipinski definition) is 4. The average Bonchev–Trinajstić information content (AvgIpc) is 2.36. The fraction of sp³-hybridized carbons (Fsp3) is 0.538. The van der Waals surface area contributed by atoms with Gasteiger partial charge in [-0.3, -0.25) is 0 Å². The van der Waals surface area contributed by atoms with Gasteiger partial charge < -0.3 is 9.47 Å². The van der Waals surface area contributed by atoms with E-state index in [0.717, 1.165) is 24.3 Å². The Hall–Kier alpha value is -1.32. The van der Waals surface area contributed by atoms with Crippen LogP contribution in [0.25, 0.3) is 0 Å². The van der Waals surface area contributed by atoms with Crippen LogP contribution in [0, 0.1) is 0 Å². The minimum absolute atomic E-state index is 0.0674. The molecular formula is C13H18F3NO4S. The van der Waals surface area contributed by atoms with Gasteiger partial charge in [0, 0.05) is 13.2 Å². The zero-order chi connectivity index (χ0) is 16.8. The molecule has 0 heterocycles. The lowest BCUT2D eigenvalue weighted by atomic mass is 10.3. The van der Waals surface area contributed by atoms with Gasteiger partial charge in [-0.2, -0.15) is 0 Å². The summed E-state index contributed by atoms with van der Waals surface area (Å²) in [6.45, 7) is 4.33. The Morgan fingerprint density at radius 2 is 1.77 bits per heavy atom. The van der Waals surface area contributed by atoms with Crippen LogP contribution in [0.2, 0.25) is 0 Å². The van der Waals surface area contributed by atoms with Crippen LogP contribution >= 0.6 is 0 Å². The van der Waals surface area contributed by atoms with Crippen molar-refractivity contribution in [2.75, 3.05) is 13.2 Å². The monoisotopic (exact) mass is 341 g/mol. The Balaban J connectivity index is 2.55. The highest BCUT2D eigenvalue weighted by Crippen LogP contribution is 2.23. The van der Waals surface area contributed by atoms with Crippen molar-refractivity contribution in [3.05, 3.63) is 24.3 Å². The Labute approximate surface area is 127 Å². The van der Waals surface area contributed by atoms with E-state index < -0.39 is 22.1 Å². The summed E-state index contributed by atoms with van der Waals surface area (Å²) in [5, 5.41) is 0. The minimum atomic E-state index is -4.81. The molecule has 1 aromatic rings. The molecule has 0 saturated heterocycles. The lowest BCUT2D eigenvalue weighted by molar-refractivity contribution is -0.274. The van der Waals surface area contributed by atoms with Gasteiger partial charge in [0.1, 0.15) is 5.75 Å². The zero-order valence-corrected chi connectivity index (χ0v) is 13.0. The summed E-state index contributed by atoms with van der Waals surface area (Å²) in [4.78, 5) is -0.133. The van der Waals surface area contributed by atoms with Gasteiger partial charge in [0.05, 0.1) is 11.0 Å². The number of benzene rings is 1. The van der Waals surface area contributed by atoms with Gasteiger partial charge in [0.25, 0.3) is 0 Å². The van der Waals surface area contributed by atoms with Crippen molar-refractivity contribution in [2.45, 2.75) is 37.6 Å². The fourth-order valence-corrected chi connectivity index (χ4v) is 2.58. The van der Waals surface area contributed by atoms with Crippen LogP contribution in [0.5, 0.6) is 5.75 Å². The third kappa shape index (κ3) is 7.10.